The molecule has 9 nitrogen and oxygen atoms in total. The normalized spacial score (nSPS) is 23.8. The molecule has 250 valence electrons. The lowest BCUT2D eigenvalue weighted by molar-refractivity contribution is 0.0292. The summed E-state index contributed by atoms with van der Waals surface area (Å²) < 4.78 is 7.89. The molecule has 1 saturated carbocycles. The van der Waals surface area contributed by atoms with Crippen molar-refractivity contribution in [2.75, 3.05) is 31.5 Å². The van der Waals surface area contributed by atoms with Crippen LogP contribution in [0, 0.1) is 5.41 Å². The number of para-hydroxylation sites is 1. The second kappa shape index (κ2) is 13.0. The number of aromatic nitrogens is 1. The van der Waals surface area contributed by atoms with Crippen molar-refractivity contribution in [3.8, 4) is 11.1 Å². The fourth-order valence-electron chi connectivity index (χ4n) is 8.56. The second-order valence-electron chi connectivity index (χ2n) is 15.0. The topological polar surface area (TPSA) is 110 Å². The Balaban J connectivity index is 1.02. The molecule has 2 amide bonds. The van der Waals surface area contributed by atoms with Crippen LogP contribution in [-0.4, -0.2) is 76.6 Å². The van der Waals surface area contributed by atoms with Gasteiger partial charge in [-0.1, -0.05) is 44.5 Å². The van der Waals surface area contributed by atoms with E-state index in [1.807, 2.05) is 39.8 Å². The maximum atomic E-state index is 13.3. The number of ether oxygens (including phenoxy) is 1. The van der Waals surface area contributed by atoms with Gasteiger partial charge in [0.05, 0.1) is 11.1 Å². The molecule has 0 radical (unpaired) electrons. The van der Waals surface area contributed by atoms with Gasteiger partial charge in [0.2, 0.25) is 5.91 Å². The summed E-state index contributed by atoms with van der Waals surface area (Å²) in [4.78, 5) is 43.4. The summed E-state index contributed by atoms with van der Waals surface area (Å²) in [5, 5.41) is 4.66. The van der Waals surface area contributed by atoms with Crippen molar-refractivity contribution in [2.45, 2.75) is 103 Å². The molecular formula is C38H49N5O4. The van der Waals surface area contributed by atoms with Crippen molar-refractivity contribution < 1.29 is 19.1 Å². The number of nitrogens with zero attached hydrogens (tertiary/aromatic N) is 3. The minimum Gasteiger partial charge on any atom is -0.446 e. The van der Waals surface area contributed by atoms with Gasteiger partial charge >= 0.3 is 6.09 Å². The van der Waals surface area contributed by atoms with E-state index in [4.69, 9.17) is 10.5 Å². The Morgan fingerprint density at radius 3 is 2.34 bits per heavy atom. The van der Waals surface area contributed by atoms with Crippen molar-refractivity contribution in [1.82, 2.24) is 14.4 Å². The minimum atomic E-state index is -0.481. The predicted octanol–water partition coefficient (Wildman–Crippen LogP) is 6.83. The molecule has 47 heavy (non-hydrogen) atoms. The lowest BCUT2D eigenvalue weighted by Crippen LogP contribution is -2.48. The number of likely N-dealkylation sites (tertiary alicyclic amines) is 2. The number of carbonyl (C=O) groups is 3. The van der Waals surface area contributed by atoms with E-state index in [9.17, 15) is 14.4 Å². The maximum absolute atomic E-state index is 13.3. The van der Waals surface area contributed by atoms with Crippen LogP contribution in [0.1, 0.15) is 98.9 Å². The molecule has 3 aromatic rings. The Hall–Kier alpha value is -3.85. The van der Waals surface area contributed by atoms with E-state index in [-0.39, 0.29) is 29.6 Å². The highest BCUT2D eigenvalue weighted by Gasteiger charge is 2.36. The Morgan fingerprint density at radius 2 is 1.62 bits per heavy atom. The molecular weight excluding hydrogens is 590 g/mol. The molecule has 4 heterocycles. The lowest BCUT2D eigenvalue weighted by atomic mass is 9.80. The van der Waals surface area contributed by atoms with Crippen molar-refractivity contribution in [2.24, 2.45) is 11.1 Å². The first-order valence-electron chi connectivity index (χ1n) is 17.7. The Bertz CT molecular complexity index is 1660. The number of fused-ring (bicyclic) bond motifs is 3. The molecule has 7 rings (SSSR count). The largest absolute Gasteiger partial charge is 0.446 e. The van der Waals surface area contributed by atoms with Gasteiger partial charge in [-0.25, -0.2) is 4.79 Å². The summed E-state index contributed by atoms with van der Waals surface area (Å²) in [6.45, 7) is 8.23. The van der Waals surface area contributed by atoms with E-state index in [2.05, 4.69) is 30.1 Å². The maximum Gasteiger partial charge on any atom is 0.410 e. The van der Waals surface area contributed by atoms with Crippen LogP contribution in [0.3, 0.4) is 0 Å². The number of nitrogens with two attached hydrogens (primary N) is 1. The number of amides is 2. The molecule has 9 heteroatoms. The fourth-order valence-corrected chi connectivity index (χ4v) is 8.56. The summed E-state index contributed by atoms with van der Waals surface area (Å²) in [5.41, 5.74) is 10.8. The third kappa shape index (κ3) is 6.51. The van der Waals surface area contributed by atoms with Crippen LogP contribution in [-0.2, 0) is 11.2 Å². The average Bonchev–Trinajstić information content (AvgIpc) is 3.39. The molecule has 3 fully saturated rings. The van der Waals surface area contributed by atoms with Crippen molar-refractivity contribution in [1.29, 1.82) is 0 Å². The van der Waals surface area contributed by atoms with Gasteiger partial charge in [-0.05, 0) is 100 Å². The van der Waals surface area contributed by atoms with Crippen LogP contribution in [0.15, 0.2) is 42.5 Å². The highest BCUT2D eigenvalue weighted by atomic mass is 16.6. The number of hydrogen-bond acceptors (Lipinski definition) is 6. The van der Waals surface area contributed by atoms with Gasteiger partial charge < -0.3 is 25.6 Å². The van der Waals surface area contributed by atoms with Gasteiger partial charge in [-0.15, -0.1) is 0 Å². The van der Waals surface area contributed by atoms with Crippen LogP contribution in [0.5, 0.6) is 0 Å². The number of piperidine rings is 2. The number of rotatable bonds is 6. The smallest absolute Gasteiger partial charge is 0.410 e. The van der Waals surface area contributed by atoms with E-state index in [1.165, 1.54) is 32.4 Å². The van der Waals surface area contributed by atoms with Gasteiger partial charge in [0.1, 0.15) is 6.10 Å². The van der Waals surface area contributed by atoms with Crippen molar-refractivity contribution in [3.05, 3.63) is 53.7 Å². The van der Waals surface area contributed by atoms with E-state index in [1.54, 1.807) is 6.07 Å². The zero-order valence-electron chi connectivity index (χ0n) is 27.9. The number of anilines is 1. The standard InChI is InChI=1S/C38H49N5O4/c1-38(2)23-33-35(30-8-4-5-9-32(30)43(33)34(44)24-38)25-10-15-29(36(39)45)31(22-25)40-26-11-13-28(14-12-26)47-37(46)42-20-16-27(17-21-42)41-18-6-3-7-19-41/h4-5,8-10,15,22,26-28,40H,3,6-7,11-14,16-21,23-24H2,1-2H3,(H2,39,45). The lowest BCUT2D eigenvalue weighted by Gasteiger charge is -2.40. The molecule has 2 saturated heterocycles. The quantitative estimate of drug-likeness (QED) is 0.306. The number of carbonyl (C=O) groups excluding carboxylic acids is 3. The van der Waals surface area contributed by atoms with Crippen LogP contribution in [0.25, 0.3) is 22.0 Å². The zero-order valence-corrected chi connectivity index (χ0v) is 27.9. The van der Waals surface area contributed by atoms with E-state index < -0.39 is 5.91 Å². The molecule has 3 aliphatic heterocycles. The molecule has 3 N–H and O–H groups in total. The van der Waals surface area contributed by atoms with Crippen molar-refractivity contribution >= 4 is 34.5 Å². The number of primary amides is 1. The molecule has 1 aromatic heterocycles. The van der Waals surface area contributed by atoms with Gasteiger partial charge in [0.25, 0.3) is 5.91 Å². The third-order valence-corrected chi connectivity index (χ3v) is 11.0. The van der Waals surface area contributed by atoms with E-state index in [0.717, 1.165) is 85.8 Å². The first-order valence-corrected chi connectivity index (χ1v) is 17.7. The molecule has 0 spiro atoms. The van der Waals surface area contributed by atoms with Crippen LogP contribution < -0.4 is 11.1 Å². The van der Waals surface area contributed by atoms with Gasteiger partial charge in [-0.3, -0.25) is 14.2 Å². The summed E-state index contributed by atoms with van der Waals surface area (Å²) in [6, 6.07) is 14.6. The second-order valence-corrected chi connectivity index (χ2v) is 15.0. The van der Waals surface area contributed by atoms with Crippen molar-refractivity contribution in [3.63, 3.8) is 0 Å². The summed E-state index contributed by atoms with van der Waals surface area (Å²) >= 11 is 0. The SMILES string of the molecule is CC1(C)CC(=O)n2c(c(-c3ccc(C(N)=O)c(NC4CCC(OC(=O)N5CCC(N6CCCCC6)CC5)CC4)c3)c3ccccc32)C1. The molecule has 0 bridgehead atoms. The van der Waals surface area contributed by atoms with Crippen LogP contribution >= 0.6 is 0 Å². The Morgan fingerprint density at radius 1 is 0.894 bits per heavy atom. The Kier molecular flexibility index (Phi) is 8.76. The minimum absolute atomic E-state index is 0.0950. The number of nitrogens with one attached hydrogen (secondary N) is 1. The number of benzene rings is 2. The van der Waals surface area contributed by atoms with E-state index in [0.29, 0.717) is 23.7 Å². The summed E-state index contributed by atoms with van der Waals surface area (Å²) in [7, 11) is 0. The zero-order chi connectivity index (χ0) is 32.7. The monoisotopic (exact) mass is 639 g/mol. The molecule has 1 aliphatic carbocycles. The van der Waals surface area contributed by atoms with E-state index >= 15 is 0 Å². The first-order chi connectivity index (χ1) is 22.7. The predicted molar refractivity (Wildman–Crippen MR) is 185 cm³/mol. The molecule has 2 aromatic carbocycles. The average molecular weight is 640 g/mol. The van der Waals surface area contributed by atoms with Gasteiger partial charge in [0, 0.05) is 53.9 Å². The van der Waals surface area contributed by atoms with Crippen LogP contribution in [0.2, 0.25) is 0 Å². The van der Waals surface area contributed by atoms with Gasteiger partial charge in [0.15, 0.2) is 0 Å². The molecule has 4 aliphatic rings. The third-order valence-electron chi connectivity index (χ3n) is 11.0. The summed E-state index contributed by atoms with van der Waals surface area (Å²) in [5.74, 6) is -0.365. The molecule has 0 unspecified atom stereocenters. The van der Waals surface area contributed by atoms with Crippen LogP contribution in [0.4, 0.5) is 10.5 Å². The fraction of sp³-hybridized carbons (Fsp3) is 0.553. The number of hydrogen-bond donors (Lipinski definition) is 2. The highest BCUT2D eigenvalue weighted by molar-refractivity contribution is 6.06. The first kappa shape index (κ1) is 31.7. The highest BCUT2D eigenvalue weighted by Crippen LogP contribution is 2.43. The van der Waals surface area contributed by atoms with Gasteiger partial charge in [-0.2, -0.15) is 0 Å². The summed E-state index contributed by atoms with van der Waals surface area (Å²) in [6.07, 6.45) is 10.2. The molecule has 0 atom stereocenters. The Labute approximate surface area is 277 Å².